The van der Waals surface area contributed by atoms with Gasteiger partial charge < -0.3 is 19.5 Å². The highest BCUT2D eigenvalue weighted by Gasteiger charge is 2.12. The molecular weight excluding hydrogens is 356 g/mol. The van der Waals surface area contributed by atoms with Crippen molar-refractivity contribution in [1.29, 1.82) is 0 Å². The van der Waals surface area contributed by atoms with E-state index < -0.39 is 0 Å². The minimum absolute atomic E-state index is 0.243. The molecule has 144 valence electrons. The predicted molar refractivity (Wildman–Crippen MR) is 107 cm³/mol. The van der Waals surface area contributed by atoms with Gasteiger partial charge >= 0.3 is 0 Å². The van der Waals surface area contributed by atoms with Crippen LogP contribution in [0.1, 0.15) is 22.8 Å². The quantitative estimate of drug-likeness (QED) is 0.632. The molecular formula is C22H22N2O4. The van der Waals surface area contributed by atoms with Crippen LogP contribution in [0, 0.1) is 0 Å². The molecule has 0 bridgehead atoms. The van der Waals surface area contributed by atoms with E-state index in [4.69, 9.17) is 14.2 Å². The molecule has 0 fully saturated rings. The van der Waals surface area contributed by atoms with Crippen molar-refractivity contribution in [2.24, 2.45) is 0 Å². The molecule has 3 aromatic rings. The molecule has 0 spiro atoms. The Balaban J connectivity index is 1.74. The van der Waals surface area contributed by atoms with E-state index >= 15 is 0 Å². The van der Waals surface area contributed by atoms with Crippen LogP contribution in [0.3, 0.4) is 0 Å². The van der Waals surface area contributed by atoms with E-state index in [0.29, 0.717) is 41.7 Å². The van der Waals surface area contributed by atoms with Crippen molar-refractivity contribution in [3.8, 4) is 17.2 Å². The summed E-state index contributed by atoms with van der Waals surface area (Å²) in [7, 11) is 1.58. The second-order valence-corrected chi connectivity index (χ2v) is 5.93. The molecule has 0 saturated carbocycles. The van der Waals surface area contributed by atoms with E-state index in [2.05, 4.69) is 10.3 Å². The van der Waals surface area contributed by atoms with E-state index in [9.17, 15) is 4.79 Å². The topological polar surface area (TPSA) is 69.7 Å². The van der Waals surface area contributed by atoms with Gasteiger partial charge in [0.05, 0.1) is 13.7 Å². The molecule has 0 aliphatic rings. The Kier molecular flexibility index (Phi) is 6.46. The molecule has 3 rings (SSSR count). The van der Waals surface area contributed by atoms with Crippen molar-refractivity contribution in [3.05, 3.63) is 78.1 Å². The van der Waals surface area contributed by atoms with Crippen molar-refractivity contribution in [2.75, 3.05) is 19.0 Å². The molecule has 0 unspecified atom stereocenters. The Morgan fingerprint density at radius 2 is 1.93 bits per heavy atom. The van der Waals surface area contributed by atoms with Gasteiger partial charge in [-0.25, -0.2) is 0 Å². The number of benzene rings is 2. The molecule has 1 heterocycles. The molecule has 0 atom stereocenters. The molecule has 2 aromatic carbocycles. The van der Waals surface area contributed by atoms with E-state index in [0.717, 1.165) is 5.56 Å². The third-order valence-electron chi connectivity index (χ3n) is 3.95. The monoisotopic (exact) mass is 378 g/mol. The average molecular weight is 378 g/mol. The third-order valence-corrected chi connectivity index (χ3v) is 3.95. The maximum absolute atomic E-state index is 12.6. The van der Waals surface area contributed by atoms with Gasteiger partial charge in [-0.05, 0) is 43.3 Å². The van der Waals surface area contributed by atoms with E-state index in [1.54, 1.807) is 49.8 Å². The second kappa shape index (κ2) is 9.41. The summed E-state index contributed by atoms with van der Waals surface area (Å²) < 4.78 is 16.7. The summed E-state index contributed by atoms with van der Waals surface area (Å²) in [4.78, 5) is 16.7. The lowest BCUT2D eigenvalue weighted by Gasteiger charge is -2.14. The van der Waals surface area contributed by atoms with E-state index in [-0.39, 0.29) is 5.91 Å². The lowest BCUT2D eigenvalue weighted by molar-refractivity contribution is 0.102. The summed E-state index contributed by atoms with van der Waals surface area (Å²) in [5.41, 5.74) is 2.07. The lowest BCUT2D eigenvalue weighted by Crippen LogP contribution is -2.12. The van der Waals surface area contributed by atoms with Crippen LogP contribution < -0.4 is 19.5 Å². The number of carbonyl (C=O) groups excluding carboxylic acids is 1. The number of aromatic nitrogens is 1. The molecule has 28 heavy (non-hydrogen) atoms. The molecule has 6 nitrogen and oxygen atoms in total. The molecule has 1 N–H and O–H groups in total. The maximum atomic E-state index is 12.6. The lowest BCUT2D eigenvalue weighted by atomic mass is 10.1. The number of anilines is 1. The summed E-state index contributed by atoms with van der Waals surface area (Å²) in [6.45, 7) is 2.71. The zero-order valence-electron chi connectivity index (χ0n) is 15.8. The van der Waals surface area contributed by atoms with Gasteiger partial charge in [-0.2, -0.15) is 0 Å². The number of rotatable bonds is 8. The zero-order valence-corrected chi connectivity index (χ0v) is 15.8. The number of carbonyl (C=O) groups is 1. The molecule has 1 aromatic heterocycles. The first-order valence-corrected chi connectivity index (χ1v) is 8.93. The van der Waals surface area contributed by atoms with Gasteiger partial charge in [-0.1, -0.05) is 12.1 Å². The van der Waals surface area contributed by atoms with Gasteiger partial charge in [0.1, 0.15) is 12.4 Å². The van der Waals surface area contributed by atoms with Crippen molar-refractivity contribution < 1.29 is 19.0 Å². The first-order valence-electron chi connectivity index (χ1n) is 8.93. The van der Waals surface area contributed by atoms with Crippen LogP contribution in [-0.4, -0.2) is 24.6 Å². The summed E-state index contributed by atoms with van der Waals surface area (Å²) in [6, 6.07) is 16.1. The smallest absolute Gasteiger partial charge is 0.255 e. The van der Waals surface area contributed by atoms with Crippen molar-refractivity contribution in [1.82, 2.24) is 4.98 Å². The fourth-order valence-corrected chi connectivity index (χ4v) is 2.59. The summed E-state index contributed by atoms with van der Waals surface area (Å²) >= 11 is 0. The largest absolute Gasteiger partial charge is 0.497 e. The van der Waals surface area contributed by atoms with Crippen LogP contribution in [0.25, 0.3) is 0 Å². The fraction of sp³-hybridized carbons (Fsp3) is 0.182. The maximum Gasteiger partial charge on any atom is 0.255 e. The van der Waals surface area contributed by atoms with Crippen LogP contribution in [0.5, 0.6) is 17.2 Å². The molecule has 0 radical (unpaired) electrons. The molecule has 0 aliphatic carbocycles. The van der Waals surface area contributed by atoms with Crippen LogP contribution in [-0.2, 0) is 6.61 Å². The van der Waals surface area contributed by atoms with Gasteiger partial charge in [0.25, 0.3) is 5.91 Å². The third kappa shape index (κ3) is 5.01. The predicted octanol–water partition coefficient (Wildman–Crippen LogP) is 4.32. The summed E-state index contributed by atoms with van der Waals surface area (Å²) in [6.07, 6.45) is 3.46. The normalized spacial score (nSPS) is 10.2. The van der Waals surface area contributed by atoms with Gasteiger partial charge in [-0.3, -0.25) is 9.78 Å². The van der Waals surface area contributed by atoms with E-state index in [1.807, 2.05) is 31.2 Å². The number of nitrogens with zero attached hydrogens (tertiary/aromatic N) is 1. The van der Waals surface area contributed by atoms with Crippen molar-refractivity contribution >= 4 is 11.6 Å². The molecule has 0 saturated heterocycles. The number of amides is 1. The number of methoxy groups -OCH3 is 1. The minimum Gasteiger partial charge on any atom is -0.497 e. The fourth-order valence-electron chi connectivity index (χ4n) is 2.59. The van der Waals surface area contributed by atoms with Crippen molar-refractivity contribution in [2.45, 2.75) is 13.5 Å². The van der Waals surface area contributed by atoms with Gasteiger partial charge in [0.2, 0.25) is 0 Å². The highest BCUT2D eigenvalue weighted by Crippen LogP contribution is 2.30. The Bertz CT molecular complexity index is 929. The highest BCUT2D eigenvalue weighted by atomic mass is 16.5. The Hall–Kier alpha value is -3.54. The number of pyridine rings is 1. The van der Waals surface area contributed by atoms with Gasteiger partial charge in [0.15, 0.2) is 11.5 Å². The van der Waals surface area contributed by atoms with Crippen molar-refractivity contribution in [3.63, 3.8) is 0 Å². The zero-order chi connectivity index (χ0) is 19.8. The minimum atomic E-state index is -0.243. The van der Waals surface area contributed by atoms with Gasteiger partial charge in [-0.15, -0.1) is 0 Å². The average Bonchev–Trinajstić information content (AvgIpc) is 2.74. The van der Waals surface area contributed by atoms with E-state index in [1.165, 1.54) is 0 Å². The number of hydrogen-bond acceptors (Lipinski definition) is 5. The Morgan fingerprint density at radius 3 is 2.68 bits per heavy atom. The highest BCUT2D eigenvalue weighted by molar-refractivity contribution is 6.04. The van der Waals surface area contributed by atoms with Crippen LogP contribution in [0.15, 0.2) is 67.0 Å². The summed E-state index contributed by atoms with van der Waals surface area (Å²) in [5.74, 6) is 1.52. The number of ether oxygens (including phenoxy) is 3. The Morgan fingerprint density at radius 1 is 1.04 bits per heavy atom. The number of nitrogens with one attached hydrogen (secondary N) is 1. The molecule has 1 amide bonds. The van der Waals surface area contributed by atoms with Crippen LogP contribution >= 0.6 is 0 Å². The second-order valence-electron chi connectivity index (χ2n) is 5.93. The molecule has 6 heteroatoms. The standard InChI is InChI=1S/C22H22N2O4/c1-3-27-21-12-17(22(25)24-18-7-4-8-19(13-18)26-2)9-10-20(21)28-15-16-6-5-11-23-14-16/h4-14H,3,15H2,1-2H3,(H,24,25). The molecule has 0 aliphatic heterocycles. The van der Waals surface area contributed by atoms with Crippen LogP contribution in [0.4, 0.5) is 5.69 Å². The first kappa shape index (κ1) is 19.2. The SMILES string of the molecule is CCOc1cc(C(=O)Nc2cccc(OC)c2)ccc1OCc1cccnc1. The number of hydrogen-bond donors (Lipinski definition) is 1. The first-order chi connectivity index (χ1) is 13.7. The summed E-state index contributed by atoms with van der Waals surface area (Å²) in [5, 5.41) is 2.86. The Labute approximate surface area is 164 Å². The van der Waals surface area contributed by atoms with Crippen LogP contribution in [0.2, 0.25) is 0 Å². The van der Waals surface area contributed by atoms with Gasteiger partial charge in [0, 0.05) is 35.3 Å².